The Morgan fingerprint density at radius 3 is 2.69 bits per heavy atom. The molecule has 3 aliphatic heterocycles. The Morgan fingerprint density at radius 2 is 2.00 bits per heavy atom. The first-order chi connectivity index (χ1) is 16.7. The van der Waals surface area contributed by atoms with Crippen molar-refractivity contribution >= 4 is 27.5 Å². The Labute approximate surface area is 206 Å². The van der Waals surface area contributed by atoms with Gasteiger partial charge in [0.2, 0.25) is 15.9 Å². The number of hydrogen-bond acceptors (Lipinski definition) is 6. The lowest BCUT2D eigenvalue weighted by Gasteiger charge is -2.40. The Bertz CT molecular complexity index is 1030. The zero-order chi connectivity index (χ0) is 25.2. The van der Waals surface area contributed by atoms with Crippen molar-refractivity contribution in [3.63, 3.8) is 0 Å². The van der Waals surface area contributed by atoms with Crippen molar-refractivity contribution in [1.29, 1.82) is 0 Å². The average molecular weight is 511 g/mol. The van der Waals surface area contributed by atoms with Gasteiger partial charge >= 0.3 is 0 Å². The van der Waals surface area contributed by atoms with Gasteiger partial charge in [-0.3, -0.25) is 9.59 Å². The number of rotatable bonds is 8. The van der Waals surface area contributed by atoms with E-state index in [1.165, 1.54) is 0 Å². The van der Waals surface area contributed by atoms with Gasteiger partial charge in [0.25, 0.3) is 5.91 Å². The molecule has 0 unspecified atom stereocenters. The van der Waals surface area contributed by atoms with Gasteiger partial charge in [0, 0.05) is 42.9 Å². The first kappa shape index (κ1) is 26.0. The van der Waals surface area contributed by atoms with Crippen molar-refractivity contribution in [2.75, 3.05) is 37.3 Å². The van der Waals surface area contributed by atoms with Crippen molar-refractivity contribution in [3.8, 4) is 0 Å². The summed E-state index contributed by atoms with van der Waals surface area (Å²) < 4.78 is 42.5. The molecule has 0 bridgehead atoms. The molecule has 1 aromatic rings. The maximum Gasteiger partial charge on any atom is 0.251 e. The molecule has 2 fully saturated rings. The van der Waals surface area contributed by atoms with Gasteiger partial charge in [0.1, 0.15) is 0 Å². The molecule has 194 valence electrons. The molecule has 2 saturated heterocycles. The fraction of sp³-hybridized carbons (Fsp3) is 0.667. The van der Waals surface area contributed by atoms with Crippen LogP contribution in [0, 0.1) is 5.92 Å². The summed E-state index contributed by atoms with van der Waals surface area (Å²) in [7, 11) is -3.78. The number of carbonyl (C=O) groups is 2. The van der Waals surface area contributed by atoms with Crippen molar-refractivity contribution in [1.82, 2.24) is 14.5 Å². The number of alkyl halides is 1. The van der Waals surface area contributed by atoms with Crippen molar-refractivity contribution < 1.29 is 27.5 Å². The monoisotopic (exact) mass is 510 g/mol. The van der Waals surface area contributed by atoms with Crippen LogP contribution in [-0.2, 0) is 21.2 Å². The second-order valence-electron chi connectivity index (χ2n) is 9.99. The number of aliphatic hydroxyl groups excluding tert-OH is 1. The van der Waals surface area contributed by atoms with Gasteiger partial charge in [0.15, 0.2) is 6.30 Å². The van der Waals surface area contributed by atoms with Crippen LogP contribution >= 0.6 is 0 Å². The molecule has 3 aliphatic rings. The third-order valence-corrected chi connectivity index (χ3v) is 9.37. The summed E-state index contributed by atoms with van der Waals surface area (Å²) in [4.78, 5) is 26.5. The van der Waals surface area contributed by atoms with Crippen LogP contribution in [0.25, 0.3) is 0 Å². The SMILES string of the molecule is C[C@H]1C[C@@H](NC(=O)c2ccc3c(c2)CC(=O)N3)C[C@@H](F)N1S(=O)(=O)CC1CCN(CCCO)CC1. The molecule has 2 amide bonds. The first-order valence-electron chi connectivity index (χ1n) is 12.4. The molecular formula is C24H35FN4O5S. The summed E-state index contributed by atoms with van der Waals surface area (Å²) in [5.74, 6) is -0.554. The molecule has 0 spiro atoms. The van der Waals surface area contributed by atoms with Crippen LogP contribution in [0.15, 0.2) is 18.2 Å². The number of aliphatic hydroxyl groups is 1. The molecule has 1 aromatic carbocycles. The number of fused-ring (bicyclic) bond motifs is 1. The highest BCUT2D eigenvalue weighted by molar-refractivity contribution is 7.89. The molecule has 9 nitrogen and oxygen atoms in total. The van der Waals surface area contributed by atoms with E-state index in [0.717, 1.165) is 42.3 Å². The number of amides is 2. The number of likely N-dealkylation sites (tertiary alicyclic amines) is 1. The van der Waals surface area contributed by atoms with Crippen LogP contribution in [0.1, 0.15) is 54.9 Å². The van der Waals surface area contributed by atoms with E-state index in [-0.39, 0.29) is 42.9 Å². The molecule has 3 heterocycles. The molecule has 0 aliphatic carbocycles. The third kappa shape index (κ3) is 6.19. The van der Waals surface area contributed by atoms with Crippen molar-refractivity contribution in [2.24, 2.45) is 5.92 Å². The lowest BCUT2D eigenvalue weighted by atomic mass is 9.99. The van der Waals surface area contributed by atoms with Gasteiger partial charge in [-0.15, -0.1) is 0 Å². The zero-order valence-electron chi connectivity index (χ0n) is 20.1. The number of hydrogen-bond donors (Lipinski definition) is 3. The Hall–Kier alpha value is -2.08. The van der Waals surface area contributed by atoms with E-state index in [4.69, 9.17) is 5.11 Å². The van der Waals surface area contributed by atoms with Gasteiger partial charge < -0.3 is 20.6 Å². The van der Waals surface area contributed by atoms with Crippen LogP contribution in [0.3, 0.4) is 0 Å². The molecule has 3 N–H and O–H groups in total. The van der Waals surface area contributed by atoms with Crippen LogP contribution < -0.4 is 10.6 Å². The largest absolute Gasteiger partial charge is 0.396 e. The Balaban J connectivity index is 1.31. The van der Waals surface area contributed by atoms with Crippen LogP contribution in [0.2, 0.25) is 0 Å². The highest BCUT2D eigenvalue weighted by Gasteiger charge is 2.42. The van der Waals surface area contributed by atoms with Crippen LogP contribution in [0.4, 0.5) is 10.1 Å². The summed E-state index contributed by atoms with van der Waals surface area (Å²) in [6.45, 7) is 4.21. The predicted octanol–water partition coefficient (Wildman–Crippen LogP) is 1.48. The van der Waals surface area contributed by atoms with E-state index >= 15 is 4.39 Å². The van der Waals surface area contributed by atoms with Gasteiger partial charge in [-0.25, -0.2) is 12.8 Å². The fourth-order valence-electron chi connectivity index (χ4n) is 5.49. The smallest absolute Gasteiger partial charge is 0.251 e. The van der Waals surface area contributed by atoms with Crippen LogP contribution in [-0.4, -0.2) is 84.9 Å². The second-order valence-corrected chi connectivity index (χ2v) is 11.9. The van der Waals surface area contributed by atoms with Crippen LogP contribution in [0.5, 0.6) is 0 Å². The van der Waals surface area contributed by atoms with E-state index in [2.05, 4.69) is 15.5 Å². The normalized spacial score (nSPS) is 26.4. The topological polar surface area (TPSA) is 119 Å². The minimum absolute atomic E-state index is 0.0108. The number of carbonyl (C=O) groups excluding carboxylic acids is 2. The van der Waals surface area contributed by atoms with Crippen molar-refractivity contribution in [3.05, 3.63) is 29.3 Å². The highest BCUT2D eigenvalue weighted by atomic mass is 32.2. The first-order valence-corrected chi connectivity index (χ1v) is 14.0. The molecule has 4 rings (SSSR count). The van der Waals surface area contributed by atoms with E-state index < -0.39 is 28.4 Å². The van der Waals surface area contributed by atoms with E-state index in [1.807, 2.05) is 0 Å². The molecule has 0 radical (unpaired) electrons. The number of piperidine rings is 2. The van der Waals surface area contributed by atoms with Gasteiger partial charge in [-0.2, -0.15) is 4.31 Å². The molecular weight excluding hydrogens is 475 g/mol. The van der Waals surface area contributed by atoms with Gasteiger partial charge in [0.05, 0.1) is 12.2 Å². The molecule has 0 saturated carbocycles. The fourth-order valence-corrected chi connectivity index (χ4v) is 7.66. The summed E-state index contributed by atoms with van der Waals surface area (Å²) in [6.07, 6.45) is 0.946. The lowest BCUT2D eigenvalue weighted by Crippen LogP contribution is -2.55. The average Bonchev–Trinajstić information content (AvgIpc) is 3.16. The predicted molar refractivity (Wildman–Crippen MR) is 130 cm³/mol. The lowest BCUT2D eigenvalue weighted by molar-refractivity contribution is -0.115. The molecule has 0 aromatic heterocycles. The minimum atomic E-state index is -3.78. The van der Waals surface area contributed by atoms with Crippen molar-refractivity contribution in [2.45, 2.75) is 63.8 Å². The number of benzene rings is 1. The zero-order valence-corrected chi connectivity index (χ0v) is 20.9. The van der Waals surface area contributed by atoms with Gasteiger partial charge in [-0.1, -0.05) is 0 Å². The number of anilines is 1. The summed E-state index contributed by atoms with van der Waals surface area (Å²) >= 11 is 0. The number of nitrogens with zero attached hydrogens (tertiary/aromatic N) is 2. The summed E-state index contributed by atoms with van der Waals surface area (Å²) in [5.41, 5.74) is 1.83. The molecule has 35 heavy (non-hydrogen) atoms. The molecule has 11 heteroatoms. The standard InChI is InChI=1S/C24H35FN4O5S/c1-16-11-20(26-24(32)18-3-4-21-19(12-18)13-23(31)27-21)14-22(25)29(16)35(33,34)15-17-5-8-28(9-6-17)7-2-10-30/h3-4,12,16-17,20,22,30H,2,5-11,13-15H2,1H3,(H,26,32)(H,27,31)/t16-,20+,22-/m0/s1. The Kier molecular flexibility index (Phi) is 8.09. The number of nitrogens with one attached hydrogen (secondary N) is 2. The minimum Gasteiger partial charge on any atom is -0.396 e. The number of sulfonamides is 1. The maximum atomic E-state index is 15.2. The highest BCUT2D eigenvalue weighted by Crippen LogP contribution is 2.30. The summed E-state index contributed by atoms with van der Waals surface area (Å²) in [6, 6.07) is 3.91. The van der Waals surface area contributed by atoms with E-state index in [9.17, 15) is 18.0 Å². The quantitative estimate of drug-likeness (QED) is 0.456. The second kappa shape index (κ2) is 10.9. The maximum absolute atomic E-state index is 15.2. The Morgan fingerprint density at radius 1 is 1.26 bits per heavy atom. The number of halogens is 1. The third-order valence-electron chi connectivity index (χ3n) is 7.25. The van der Waals surface area contributed by atoms with Gasteiger partial charge in [-0.05, 0) is 75.4 Å². The molecule has 3 atom stereocenters. The summed E-state index contributed by atoms with van der Waals surface area (Å²) in [5, 5.41) is 14.5. The van der Waals surface area contributed by atoms with E-state index in [0.29, 0.717) is 24.1 Å². The van der Waals surface area contributed by atoms with E-state index in [1.54, 1.807) is 25.1 Å².